The Balaban J connectivity index is 1.67. The van der Waals surface area contributed by atoms with E-state index in [1.807, 2.05) is 19.1 Å². The number of aryl methyl sites for hydroxylation is 1. The van der Waals surface area contributed by atoms with Crippen LogP contribution in [0.25, 0.3) is 0 Å². The summed E-state index contributed by atoms with van der Waals surface area (Å²) in [5, 5.41) is 7.00. The second-order valence-corrected chi connectivity index (χ2v) is 4.92. The minimum Gasteiger partial charge on any atom is -0.465 e. The summed E-state index contributed by atoms with van der Waals surface area (Å²) in [6.07, 6.45) is 2.60. The fourth-order valence-corrected chi connectivity index (χ4v) is 2.33. The normalized spacial score (nSPS) is 25.9. The SMILES string of the molecule is Cc1ccc(CNCC2CC(C)CCN2)o1. The fraction of sp³-hybridized carbons (Fsp3) is 0.692. The average Bonchev–Trinajstić information content (AvgIpc) is 2.64. The van der Waals surface area contributed by atoms with E-state index < -0.39 is 0 Å². The van der Waals surface area contributed by atoms with Crippen LogP contribution >= 0.6 is 0 Å². The van der Waals surface area contributed by atoms with Crippen LogP contribution in [0.3, 0.4) is 0 Å². The number of furan rings is 1. The molecule has 1 aromatic rings. The van der Waals surface area contributed by atoms with Gasteiger partial charge in [-0.3, -0.25) is 0 Å². The van der Waals surface area contributed by atoms with Crippen LogP contribution in [-0.4, -0.2) is 19.1 Å². The molecule has 90 valence electrons. The quantitative estimate of drug-likeness (QED) is 0.819. The predicted octanol–water partition coefficient (Wildman–Crippen LogP) is 2.07. The first-order valence-electron chi connectivity index (χ1n) is 6.23. The van der Waals surface area contributed by atoms with Crippen molar-refractivity contribution in [1.29, 1.82) is 0 Å². The molecule has 1 aromatic heterocycles. The first-order valence-corrected chi connectivity index (χ1v) is 6.23. The Kier molecular flexibility index (Phi) is 4.02. The molecule has 2 heterocycles. The largest absolute Gasteiger partial charge is 0.465 e. The molecule has 0 saturated carbocycles. The number of rotatable bonds is 4. The fourth-order valence-electron chi connectivity index (χ4n) is 2.33. The van der Waals surface area contributed by atoms with Crippen LogP contribution < -0.4 is 10.6 Å². The van der Waals surface area contributed by atoms with Crippen LogP contribution in [-0.2, 0) is 6.54 Å². The standard InChI is InChI=1S/C13H22N2O/c1-10-5-6-15-12(7-10)8-14-9-13-4-3-11(2)16-13/h3-4,10,12,14-15H,5-9H2,1-2H3. The molecule has 3 heteroatoms. The Morgan fingerprint density at radius 3 is 3.06 bits per heavy atom. The van der Waals surface area contributed by atoms with Crippen molar-refractivity contribution in [1.82, 2.24) is 10.6 Å². The van der Waals surface area contributed by atoms with Gasteiger partial charge in [-0.2, -0.15) is 0 Å². The molecular weight excluding hydrogens is 200 g/mol. The van der Waals surface area contributed by atoms with Gasteiger partial charge in [-0.1, -0.05) is 6.92 Å². The van der Waals surface area contributed by atoms with E-state index in [1.165, 1.54) is 12.8 Å². The molecule has 2 atom stereocenters. The van der Waals surface area contributed by atoms with Gasteiger partial charge in [-0.15, -0.1) is 0 Å². The Bertz CT molecular complexity index is 321. The van der Waals surface area contributed by atoms with Gasteiger partial charge in [-0.25, -0.2) is 0 Å². The van der Waals surface area contributed by atoms with Gasteiger partial charge >= 0.3 is 0 Å². The second kappa shape index (κ2) is 5.51. The first kappa shape index (κ1) is 11.7. The summed E-state index contributed by atoms with van der Waals surface area (Å²) in [7, 11) is 0. The van der Waals surface area contributed by atoms with Crippen molar-refractivity contribution in [3.05, 3.63) is 23.7 Å². The molecular formula is C13H22N2O. The summed E-state index contributed by atoms with van der Waals surface area (Å²) in [6.45, 7) is 7.34. The number of piperidine rings is 1. The molecule has 1 aliphatic heterocycles. The van der Waals surface area contributed by atoms with Crippen LogP contribution in [0, 0.1) is 12.8 Å². The van der Waals surface area contributed by atoms with Gasteiger partial charge in [0.1, 0.15) is 11.5 Å². The molecule has 1 fully saturated rings. The highest BCUT2D eigenvalue weighted by molar-refractivity contribution is 5.05. The predicted molar refractivity (Wildman–Crippen MR) is 65.3 cm³/mol. The van der Waals surface area contributed by atoms with E-state index in [4.69, 9.17) is 4.42 Å². The third-order valence-corrected chi connectivity index (χ3v) is 3.24. The van der Waals surface area contributed by atoms with Gasteiger partial charge in [0, 0.05) is 12.6 Å². The Labute approximate surface area is 97.6 Å². The smallest absolute Gasteiger partial charge is 0.117 e. The molecule has 0 aromatic carbocycles. The lowest BCUT2D eigenvalue weighted by molar-refractivity contribution is 0.308. The van der Waals surface area contributed by atoms with Gasteiger partial charge in [0.25, 0.3) is 0 Å². The Morgan fingerprint density at radius 1 is 1.50 bits per heavy atom. The van der Waals surface area contributed by atoms with Crippen LogP contribution in [0.4, 0.5) is 0 Å². The summed E-state index contributed by atoms with van der Waals surface area (Å²) in [4.78, 5) is 0. The van der Waals surface area contributed by atoms with E-state index in [-0.39, 0.29) is 0 Å². The molecule has 1 aliphatic rings. The minimum atomic E-state index is 0.625. The lowest BCUT2D eigenvalue weighted by atomic mass is 9.94. The maximum Gasteiger partial charge on any atom is 0.117 e. The zero-order valence-electron chi connectivity index (χ0n) is 10.3. The molecule has 2 unspecified atom stereocenters. The summed E-state index contributed by atoms with van der Waals surface area (Å²) in [5.41, 5.74) is 0. The number of nitrogens with one attached hydrogen (secondary N) is 2. The molecule has 0 amide bonds. The third kappa shape index (κ3) is 3.35. The van der Waals surface area contributed by atoms with Gasteiger partial charge < -0.3 is 15.1 Å². The van der Waals surface area contributed by atoms with Gasteiger partial charge in [0.05, 0.1) is 6.54 Å². The van der Waals surface area contributed by atoms with Crippen molar-refractivity contribution in [2.45, 2.75) is 39.3 Å². The first-order chi connectivity index (χ1) is 7.74. The molecule has 0 radical (unpaired) electrons. The maximum atomic E-state index is 5.51. The number of hydrogen-bond donors (Lipinski definition) is 2. The van der Waals surface area contributed by atoms with Crippen molar-refractivity contribution in [2.24, 2.45) is 5.92 Å². The van der Waals surface area contributed by atoms with Gasteiger partial charge in [0.15, 0.2) is 0 Å². The van der Waals surface area contributed by atoms with Crippen molar-refractivity contribution in [3.8, 4) is 0 Å². The summed E-state index contributed by atoms with van der Waals surface area (Å²) in [5.74, 6) is 2.88. The summed E-state index contributed by atoms with van der Waals surface area (Å²) in [6, 6.07) is 4.68. The van der Waals surface area contributed by atoms with Gasteiger partial charge in [0.2, 0.25) is 0 Å². The maximum absolute atomic E-state index is 5.51. The molecule has 0 bridgehead atoms. The third-order valence-electron chi connectivity index (χ3n) is 3.24. The highest BCUT2D eigenvalue weighted by atomic mass is 16.3. The lowest BCUT2D eigenvalue weighted by Crippen LogP contribution is -2.43. The minimum absolute atomic E-state index is 0.625. The molecule has 16 heavy (non-hydrogen) atoms. The van der Waals surface area contributed by atoms with Crippen molar-refractivity contribution >= 4 is 0 Å². The van der Waals surface area contributed by atoms with Crippen molar-refractivity contribution in [3.63, 3.8) is 0 Å². The summed E-state index contributed by atoms with van der Waals surface area (Å²) >= 11 is 0. The van der Waals surface area contributed by atoms with Crippen LogP contribution in [0.2, 0.25) is 0 Å². The monoisotopic (exact) mass is 222 g/mol. The zero-order chi connectivity index (χ0) is 11.4. The lowest BCUT2D eigenvalue weighted by Gasteiger charge is -2.28. The van der Waals surface area contributed by atoms with E-state index in [9.17, 15) is 0 Å². The molecule has 0 spiro atoms. The van der Waals surface area contributed by atoms with Crippen LogP contribution in [0.1, 0.15) is 31.3 Å². The van der Waals surface area contributed by atoms with E-state index in [1.54, 1.807) is 0 Å². The molecule has 2 rings (SSSR count). The van der Waals surface area contributed by atoms with E-state index in [2.05, 4.69) is 17.6 Å². The molecule has 0 aliphatic carbocycles. The van der Waals surface area contributed by atoms with Gasteiger partial charge in [-0.05, 0) is 44.4 Å². The molecule has 2 N–H and O–H groups in total. The summed E-state index contributed by atoms with van der Waals surface area (Å²) < 4.78 is 5.51. The Morgan fingerprint density at radius 2 is 2.38 bits per heavy atom. The van der Waals surface area contributed by atoms with E-state index in [0.29, 0.717) is 6.04 Å². The van der Waals surface area contributed by atoms with Crippen LogP contribution in [0.15, 0.2) is 16.5 Å². The van der Waals surface area contributed by atoms with Crippen molar-refractivity contribution in [2.75, 3.05) is 13.1 Å². The van der Waals surface area contributed by atoms with E-state index >= 15 is 0 Å². The van der Waals surface area contributed by atoms with Crippen LogP contribution in [0.5, 0.6) is 0 Å². The topological polar surface area (TPSA) is 37.2 Å². The molecule has 1 saturated heterocycles. The molecule has 3 nitrogen and oxygen atoms in total. The number of hydrogen-bond acceptors (Lipinski definition) is 3. The average molecular weight is 222 g/mol. The second-order valence-electron chi connectivity index (χ2n) is 4.92. The van der Waals surface area contributed by atoms with E-state index in [0.717, 1.165) is 37.1 Å². The van der Waals surface area contributed by atoms with Crippen molar-refractivity contribution < 1.29 is 4.42 Å². The highest BCUT2D eigenvalue weighted by Gasteiger charge is 2.17. The Hall–Kier alpha value is -0.800. The zero-order valence-corrected chi connectivity index (χ0v) is 10.3. The highest BCUT2D eigenvalue weighted by Crippen LogP contribution is 2.14.